The molecule has 1 aromatic heterocycles. The Hall–Kier alpha value is -3.10. The Morgan fingerprint density at radius 2 is 1.89 bits per heavy atom. The highest BCUT2D eigenvalue weighted by Crippen LogP contribution is 2.31. The van der Waals surface area contributed by atoms with E-state index >= 15 is 0 Å². The van der Waals surface area contributed by atoms with E-state index in [0.29, 0.717) is 0 Å². The fourth-order valence-electron chi connectivity index (χ4n) is 2.23. The standard InChI is InChI=1S/C18H19F3N4O2/c1-11(2)24-15(26)10-23-17(27)14-7-4-8-22-16(14)25-13-6-3-5-12(9-13)18(19,20)21/h3-9,11H,10H2,1-2H3,(H,22,25)(H,23,27)(H,24,26). The molecule has 0 fully saturated rings. The summed E-state index contributed by atoms with van der Waals surface area (Å²) in [6, 6.07) is 7.47. The lowest BCUT2D eigenvalue weighted by Gasteiger charge is -2.13. The molecule has 0 atom stereocenters. The van der Waals surface area contributed by atoms with E-state index in [1.165, 1.54) is 30.5 Å². The molecule has 0 aliphatic rings. The van der Waals surface area contributed by atoms with Gasteiger partial charge in [0, 0.05) is 17.9 Å². The second-order valence-corrected chi connectivity index (χ2v) is 6.01. The SMILES string of the molecule is CC(C)NC(=O)CNC(=O)c1cccnc1Nc1cccc(C(F)(F)F)c1. The van der Waals surface area contributed by atoms with E-state index in [-0.39, 0.29) is 35.6 Å². The second-order valence-electron chi connectivity index (χ2n) is 6.01. The number of hydrogen-bond acceptors (Lipinski definition) is 4. The maximum Gasteiger partial charge on any atom is 0.416 e. The molecule has 0 spiro atoms. The van der Waals surface area contributed by atoms with Gasteiger partial charge in [0.25, 0.3) is 5.91 Å². The van der Waals surface area contributed by atoms with E-state index in [1.807, 2.05) is 0 Å². The van der Waals surface area contributed by atoms with Crippen LogP contribution >= 0.6 is 0 Å². The molecule has 0 aliphatic carbocycles. The van der Waals surface area contributed by atoms with Gasteiger partial charge in [0.15, 0.2) is 0 Å². The van der Waals surface area contributed by atoms with Crippen molar-refractivity contribution in [2.24, 2.45) is 0 Å². The fraction of sp³-hybridized carbons (Fsp3) is 0.278. The lowest BCUT2D eigenvalue weighted by Crippen LogP contribution is -2.40. The summed E-state index contributed by atoms with van der Waals surface area (Å²) in [6.07, 6.45) is -3.08. The molecule has 1 heterocycles. The van der Waals surface area contributed by atoms with Crippen LogP contribution in [0, 0.1) is 0 Å². The maximum atomic E-state index is 12.8. The summed E-state index contributed by atoms with van der Waals surface area (Å²) >= 11 is 0. The molecule has 6 nitrogen and oxygen atoms in total. The van der Waals surface area contributed by atoms with Gasteiger partial charge >= 0.3 is 6.18 Å². The van der Waals surface area contributed by atoms with Gasteiger partial charge in [-0.05, 0) is 44.2 Å². The van der Waals surface area contributed by atoms with E-state index in [4.69, 9.17) is 0 Å². The molecule has 0 aliphatic heterocycles. The largest absolute Gasteiger partial charge is 0.416 e. The number of anilines is 2. The van der Waals surface area contributed by atoms with Crippen LogP contribution in [0.1, 0.15) is 29.8 Å². The van der Waals surface area contributed by atoms with Crippen molar-refractivity contribution in [1.29, 1.82) is 0 Å². The molecule has 27 heavy (non-hydrogen) atoms. The van der Waals surface area contributed by atoms with Crippen molar-refractivity contribution in [2.45, 2.75) is 26.1 Å². The summed E-state index contributed by atoms with van der Waals surface area (Å²) in [5, 5.41) is 7.80. The summed E-state index contributed by atoms with van der Waals surface area (Å²) in [6.45, 7) is 3.35. The number of benzene rings is 1. The molecule has 1 aromatic carbocycles. The first-order valence-corrected chi connectivity index (χ1v) is 8.13. The second kappa shape index (κ2) is 8.52. The first-order chi connectivity index (χ1) is 12.7. The number of carbonyl (C=O) groups is 2. The Balaban J connectivity index is 2.14. The molecule has 0 radical (unpaired) electrons. The van der Waals surface area contributed by atoms with Crippen LogP contribution in [-0.2, 0) is 11.0 Å². The van der Waals surface area contributed by atoms with Gasteiger partial charge in [-0.15, -0.1) is 0 Å². The Morgan fingerprint density at radius 1 is 1.15 bits per heavy atom. The number of pyridine rings is 1. The smallest absolute Gasteiger partial charge is 0.352 e. The predicted molar refractivity (Wildman–Crippen MR) is 94.6 cm³/mol. The van der Waals surface area contributed by atoms with E-state index in [0.717, 1.165) is 12.1 Å². The maximum absolute atomic E-state index is 12.8. The summed E-state index contributed by atoms with van der Waals surface area (Å²) < 4.78 is 38.5. The topological polar surface area (TPSA) is 83.1 Å². The van der Waals surface area contributed by atoms with Gasteiger partial charge in [-0.2, -0.15) is 13.2 Å². The van der Waals surface area contributed by atoms with Gasteiger partial charge in [0.05, 0.1) is 17.7 Å². The van der Waals surface area contributed by atoms with Crippen molar-refractivity contribution >= 4 is 23.3 Å². The number of alkyl halides is 3. The Bertz CT molecular complexity index is 822. The van der Waals surface area contributed by atoms with Crippen molar-refractivity contribution < 1.29 is 22.8 Å². The zero-order chi connectivity index (χ0) is 20.0. The number of nitrogens with zero attached hydrogens (tertiary/aromatic N) is 1. The van der Waals surface area contributed by atoms with Crippen LogP contribution in [0.5, 0.6) is 0 Å². The van der Waals surface area contributed by atoms with Gasteiger partial charge < -0.3 is 16.0 Å². The fourth-order valence-corrected chi connectivity index (χ4v) is 2.23. The quantitative estimate of drug-likeness (QED) is 0.719. The molecular formula is C18H19F3N4O2. The lowest BCUT2D eigenvalue weighted by atomic mass is 10.2. The molecule has 2 amide bonds. The van der Waals surface area contributed by atoms with Crippen LogP contribution in [0.15, 0.2) is 42.6 Å². The molecule has 0 unspecified atom stereocenters. The molecule has 144 valence electrons. The Labute approximate surface area is 154 Å². The average Bonchev–Trinajstić information content (AvgIpc) is 2.59. The number of amides is 2. The van der Waals surface area contributed by atoms with Gasteiger partial charge in [-0.25, -0.2) is 4.98 Å². The van der Waals surface area contributed by atoms with Crippen molar-refractivity contribution in [3.05, 3.63) is 53.7 Å². The first-order valence-electron chi connectivity index (χ1n) is 8.13. The lowest BCUT2D eigenvalue weighted by molar-refractivity contribution is -0.137. The van der Waals surface area contributed by atoms with Crippen LogP contribution in [0.4, 0.5) is 24.7 Å². The van der Waals surface area contributed by atoms with Crippen LogP contribution in [0.3, 0.4) is 0 Å². The predicted octanol–water partition coefficient (Wildman–Crippen LogP) is 3.10. The Morgan fingerprint density at radius 3 is 2.56 bits per heavy atom. The Kier molecular flexibility index (Phi) is 6.38. The van der Waals surface area contributed by atoms with Crippen molar-refractivity contribution in [3.63, 3.8) is 0 Å². The minimum atomic E-state index is -4.48. The molecule has 0 saturated heterocycles. The third kappa shape index (κ3) is 5.98. The van der Waals surface area contributed by atoms with Gasteiger partial charge in [0.2, 0.25) is 5.91 Å². The van der Waals surface area contributed by atoms with E-state index < -0.39 is 17.6 Å². The third-order valence-corrected chi connectivity index (χ3v) is 3.36. The molecule has 2 rings (SSSR count). The monoisotopic (exact) mass is 380 g/mol. The summed E-state index contributed by atoms with van der Waals surface area (Å²) in [5.74, 6) is -0.843. The van der Waals surface area contributed by atoms with E-state index in [2.05, 4.69) is 20.9 Å². The van der Waals surface area contributed by atoms with E-state index in [9.17, 15) is 22.8 Å². The summed E-state index contributed by atoms with van der Waals surface area (Å²) in [5.41, 5.74) is -0.581. The van der Waals surface area contributed by atoms with Crippen molar-refractivity contribution in [1.82, 2.24) is 15.6 Å². The highest BCUT2D eigenvalue weighted by Gasteiger charge is 2.30. The van der Waals surface area contributed by atoms with Crippen LogP contribution < -0.4 is 16.0 Å². The number of aromatic nitrogens is 1. The molecular weight excluding hydrogens is 361 g/mol. The molecule has 0 saturated carbocycles. The minimum Gasteiger partial charge on any atom is -0.352 e. The zero-order valence-electron chi connectivity index (χ0n) is 14.7. The molecule has 3 N–H and O–H groups in total. The van der Waals surface area contributed by atoms with Gasteiger partial charge in [-0.3, -0.25) is 9.59 Å². The van der Waals surface area contributed by atoms with Crippen LogP contribution in [-0.4, -0.2) is 29.4 Å². The average molecular weight is 380 g/mol. The minimum absolute atomic E-state index is 0.0640. The summed E-state index contributed by atoms with van der Waals surface area (Å²) in [4.78, 5) is 28.0. The van der Waals surface area contributed by atoms with Crippen molar-refractivity contribution in [2.75, 3.05) is 11.9 Å². The number of hydrogen-bond donors (Lipinski definition) is 3. The number of carbonyl (C=O) groups excluding carboxylic acids is 2. The van der Waals surface area contributed by atoms with Gasteiger partial charge in [-0.1, -0.05) is 6.07 Å². The summed E-state index contributed by atoms with van der Waals surface area (Å²) in [7, 11) is 0. The normalized spacial score (nSPS) is 11.2. The number of rotatable bonds is 6. The highest BCUT2D eigenvalue weighted by molar-refractivity contribution is 6.00. The number of nitrogens with one attached hydrogen (secondary N) is 3. The van der Waals surface area contributed by atoms with E-state index in [1.54, 1.807) is 13.8 Å². The molecule has 0 bridgehead atoms. The first kappa shape index (κ1) is 20.2. The van der Waals surface area contributed by atoms with Crippen molar-refractivity contribution in [3.8, 4) is 0 Å². The van der Waals surface area contributed by atoms with Crippen LogP contribution in [0.25, 0.3) is 0 Å². The highest BCUT2D eigenvalue weighted by atomic mass is 19.4. The third-order valence-electron chi connectivity index (χ3n) is 3.36. The van der Waals surface area contributed by atoms with Gasteiger partial charge in [0.1, 0.15) is 5.82 Å². The van der Waals surface area contributed by atoms with Crippen LogP contribution in [0.2, 0.25) is 0 Å². The molecule has 9 heteroatoms. The zero-order valence-corrected chi connectivity index (χ0v) is 14.7. The number of halogens is 3. The molecule has 2 aromatic rings.